The van der Waals surface area contributed by atoms with E-state index in [1.165, 1.54) is 7.11 Å². The fourth-order valence-corrected chi connectivity index (χ4v) is 7.48. The van der Waals surface area contributed by atoms with Crippen LogP contribution >= 0.6 is 0 Å². The number of aliphatic hydroxyl groups excluding tert-OH is 1. The molecule has 5 rings (SSSR count). The molecule has 2 bridgehead atoms. The van der Waals surface area contributed by atoms with E-state index in [2.05, 4.69) is 35.2 Å². The molecular weight excluding hydrogens is 500 g/mol. The third kappa shape index (κ3) is 4.03. The van der Waals surface area contributed by atoms with Crippen LogP contribution in [0.4, 0.5) is 0 Å². The fourth-order valence-electron chi connectivity index (χ4n) is 7.48. The van der Waals surface area contributed by atoms with Gasteiger partial charge >= 0.3 is 0 Å². The van der Waals surface area contributed by atoms with Gasteiger partial charge in [0.2, 0.25) is 0 Å². The van der Waals surface area contributed by atoms with Crippen LogP contribution in [0.1, 0.15) is 59.3 Å². The van der Waals surface area contributed by atoms with Crippen molar-refractivity contribution in [2.45, 2.75) is 83.0 Å². The third-order valence-corrected chi connectivity index (χ3v) is 9.34. The molecule has 0 saturated carbocycles. The first-order valence-corrected chi connectivity index (χ1v) is 13.6. The molecule has 7 atom stereocenters. The van der Waals surface area contributed by atoms with Gasteiger partial charge < -0.3 is 35.6 Å². The molecule has 10 heteroatoms. The van der Waals surface area contributed by atoms with Crippen LogP contribution in [0.25, 0.3) is 0 Å². The lowest BCUT2D eigenvalue weighted by Crippen LogP contribution is -2.68. The maximum absolute atomic E-state index is 11.5. The van der Waals surface area contributed by atoms with Gasteiger partial charge in [0.1, 0.15) is 12.0 Å². The molecule has 0 aromatic heterocycles. The highest BCUT2D eigenvalue weighted by Crippen LogP contribution is 2.57. The number of hydrogen-bond donors (Lipinski definition) is 6. The standard InChI is InChI=1S/C29H42N4O6/c1-12-8-16-9-18-15(4)33-19(23(32(18)5)21(16)25(35)27(12)38-6)10-17-22(20(33)11-31-29(37)14(3)30)26(36)28(39-7)13(2)24(17)34/h8,14-15,18-20,23,29,31,34-37H,9-11,30H2,1-7H3/t14-,15-,18-,19?,20-,23-,29?/m0/s1. The maximum Gasteiger partial charge on any atom is 0.167 e. The number of hydrogen-bond acceptors (Lipinski definition) is 10. The summed E-state index contributed by atoms with van der Waals surface area (Å²) in [7, 11) is 5.14. The Morgan fingerprint density at radius 1 is 1.03 bits per heavy atom. The summed E-state index contributed by atoms with van der Waals surface area (Å²) in [6.07, 6.45) is 0.249. The van der Waals surface area contributed by atoms with Gasteiger partial charge in [-0.1, -0.05) is 6.07 Å². The van der Waals surface area contributed by atoms with E-state index < -0.39 is 18.3 Å². The molecule has 10 nitrogen and oxygen atoms in total. The van der Waals surface area contributed by atoms with Gasteiger partial charge in [0, 0.05) is 53.0 Å². The van der Waals surface area contributed by atoms with Crippen LogP contribution in [0.3, 0.4) is 0 Å². The Bertz CT molecular complexity index is 1280. The summed E-state index contributed by atoms with van der Waals surface area (Å²) in [5, 5.41) is 48.0. The van der Waals surface area contributed by atoms with Crippen molar-refractivity contribution in [3.8, 4) is 28.7 Å². The fraction of sp³-hybridized carbons (Fsp3) is 0.586. The Hall–Kier alpha value is -2.76. The van der Waals surface area contributed by atoms with Gasteiger partial charge in [-0.2, -0.15) is 0 Å². The largest absolute Gasteiger partial charge is 0.507 e. The summed E-state index contributed by atoms with van der Waals surface area (Å²) < 4.78 is 11.1. The average molecular weight is 543 g/mol. The van der Waals surface area contributed by atoms with E-state index in [4.69, 9.17) is 15.2 Å². The van der Waals surface area contributed by atoms with Crippen molar-refractivity contribution in [3.63, 3.8) is 0 Å². The molecule has 1 fully saturated rings. The Kier molecular flexibility index (Phi) is 7.13. The summed E-state index contributed by atoms with van der Waals surface area (Å²) in [6, 6.07) is 1.06. The number of phenolic OH excluding ortho intramolecular Hbond substituents is 3. The van der Waals surface area contributed by atoms with Crippen molar-refractivity contribution in [1.29, 1.82) is 0 Å². The summed E-state index contributed by atoms with van der Waals surface area (Å²) in [5.41, 5.74) is 10.5. The van der Waals surface area contributed by atoms with Crippen LogP contribution in [-0.2, 0) is 12.8 Å². The van der Waals surface area contributed by atoms with Gasteiger partial charge in [-0.3, -0.25) is 15.1 Å². The summed E-state index contributed by atoms with van der Waals surface area (Å²) in [6.45, 7) is 7.88. The van der Waals surface area contributed by atoms with Gasteiger partial charge in [-0.15, -0.1) is 0 Å². The van der Waals surface area contributed by atoms with Gasteiger partial charge in [0.05, 0.1) is 26.3 Å². The molecule has 2 aromatic carbocycles. The lowest BCUT2D eigenvalue weighted by Gasteiger charge is -2.61. The summed E-state index contributed by atoms with van der Waals surface area (Å²) in [4.78, 5) is 4.71. The molecule has 0 radical (unpaired) electrons. The van der Waals surface area contributed by atoms with Crippen molar-refractivity contribution < 1.29 is 29.9 Å². The number of methoxy groups -OCH3 is 2. The molecule has 2 unspecified atom stereocenters. The zero-order chi connectivity index (χ0) is 28.5. The number of aromatic hydroxyl groups is 3. The number of phenols is 3. The van der Waals surface area contributed by atoms with E-state index in [1.54, 1.807) is 21.0 Å². The van der Waals surface area contributed by atoms with Gasteiger partial charge in [-0.25, -0.2) is 0 Å². The zero-order valence-electron chi connectivity index (χ0n) is 23.8. The number of aliphatic hydroxyl groups is 1. The van der Waals surface area contributed by atoms with Crippen molar-refractivity contribution in [2.24, 2.45) is 5.73 Å². The second-order valence-electron chi connectivity index (χ2n) is 11.5. The minimum absolute atomic E-state index is 0.000153. The number of fused-ring (bicyclic) bond motifs is 7. The van der Waals surface area contributed by atoms with Gasteiger partial charge in [-0.05, 0) is 58.7 Å². The number of benzene rings is 2. The number of rotatable bonds is 6. The predicted molar refractivity (Wildman–Crippen MR) is 148 cm³/mol. The highest BCUT2D eigenvalue weighted by atomic mass is 16.5. The van der Waals surface area contributed by atoms with Crippen molar-refractivity contribution >= 4 is 0 Å². The first-order valence-electron chi connectivity index (χ1n) is 13.6. The number of likely N-dealkylation sites (N-methyl/N-ethyl adjacent to an activating group) is 1. The van der Waals surface area contributed by atoms with Crippen LogP contribution in [0.2, 0.25) is 0 Å². The maximum atomic E-state index is 11.5. The molecule has 214 valence electrons. The summed E-state index contributed by atoms with van der Waals surface area (Å²) >= 11 is 0. The lowest BCUT2D eigenvalue weighted by atomic mass is 9.71. The Balaban J connectivity index is 1.72. The lowest BCUT2D eigenvalue weighted by molar-refractivity contribution is -0.0867. The van der Waals surface area contributed by atoms with Gasteiger partial charge in [0.25, 0.3) is 0 Å². The number of nitrogens with two attached hydrogens (primary N) is 1. The van der Waals surface area contributed by atoms with Gasteiger partial charge in [0.15, 0.2) is 23.0 Å². The normalized spacial score (nSPS) is 27.8. The van der Waals surface area contributed by atoms with Crippen LogP contribution in [0.15, 0.2) is 6.07 Å². The molecule has 0 spiro atoms. The van der Waals surface area contributed by atoms with Crippen LogP contribution in [0, 0.1) is 13.8 Å². The predicted octanol–water partition coefficient (Wildman–Crippen LogP) is 1.96. The van der Waals surface area contributed by atoms with Crippen LogP contribution in [-0.4, -0.2) is 88.4 Å². The number of nitrogens with one attached hydrogen (secondary N) is 1. The Labute approximate surface area is 229 Å². The molecule has 1 saturated heterocycles. The van der Waals surface area contributed by atoms with E-state index >= 15 is 0 Å². The Morgan fingerprint density at radius 3 is 2.28 bits per heavy atom. The van der Waals surface area contributed by atoms with Crippen LogP contribution in [0.5, 0.6) is 28.7 Å². The first-order chi connectivity index (χ1) is 18.4. The summed E-state index contributed by atoms with van der Waals surface area (Å²) in [5.74, 6) is 0.966. The topological polar surface area (TPSA) is 144 Å². The molecule has 0 aliphatic carbocycles. The first kappa shape index (κ1) is 27.8. The molecule has 7 N–H and O–H groups in total. The van der Waals surface area contributed by atoms with Crippen molar-refractivity contribution in [1.82, 2.24) is 15.1 Å². The molecular formula is C29H42N4O6. The van der Waals surface area contributed by atoms with E-state index in [0.717, 1.165) is 23.1 Å². The highest BCUT2D eigenvalue weighted by Gasteiger charge is 2.54. The van der Waals surface area contributed by atoms with E-state index in [0.29, 0.717) is 28.9 Å². The number of piperazine rings is 1. The monoisotopic (exact) mass is 542 g/mol. The van der Waals surface area contributed by atoms with Crippen molar-refractivity contribution in [3.05, 3.63) is 39.4 Å². The number of ether oxygens (including phenoxy) is 2. The molecule has 39 heavy (non-hydrogen) atoms. The second kappa shape index (κ2) is 10.0. The number of aryl methyl sites for hydroxylation is 1. The third-order valence-electron chi connectivity index (χ3n) is 9.34. The average Bonchev–Trinajstić information content (AvgIpc) is 2.88. The van der Waals surface area contributed by atoms with Crippen molar-refractivity contribution in [2.75, 3.05) is 27.8 Å². The molecule has 3 aliphatic heterocycles. The van der Waals surface area contributed by atoms with E-state index in [-0.39, 0.29) is 53.7 Å². The smallest absolute Gasteiger partial charge is 0.167 e. The van der Waals surface area contributed by atoms with E-state index in [9.17, 15) is 20.4 Å². The molecule has 2 aromatic rings. The molecule has 3 heterocycles. The SMILES string of the molecule is COc1c(C)cc2c(c1O)[C@@H]1C3Cc4c(O)c(C)c(OC)c(O)c4[C@H](CNC(O)[C@H](C)N)N3[C@@H](C)[C@H](C2)N1C. The quantitative estimate of drug-likeness (QED) is 0.237. The molecule has 0 amide bonds. The van der Waals surface area contributed by atoms with E-state index in [1.807, 2.05) is 6.92 Å². The second-order valence-corrected chi connectivity index (χ2v) is 11.5. The van der Waals surface area contributed by atoms with Crippen LogP contribution < -0.4 is 20.5 Å². The Morgan fingerprint density at radius 2 is 1.67 bits per heavy atom. The molecule has 3 aliphatic rings. The highest BCUT2D eigenvalue weighted by molar-refractivity contribution is 5.64. The number of nitrogens with zero attached hydrogens (tertiary/aromatic N) is 2. The minimum Gasteiger partial charge on any atom is -0.507 e. The zero-order valence-corrected chi connectivity index (χ0v) is 23.8. The minimum atomic E-state index is -0.948.